The van der Waals surface area contributed by atoms with Crippen LogP contribution >= 0.6 is 11.6 Å². The molecule has 1 heterocycles. The summed E-state index contributed by atoms with van der Waals surface area (Å²) in [5.74, 6) is -0.128. The number of anilines is 1. The van der Waals surface area contributed by atoms with Gasteiger partial charge in [0.05, 0.1) is 10.7 Å². The van der Waals surface area contributed by atoms with Crippen molar-refractivity contribution in [2.45, 2.75) is 26.3 Å². The van der Waals surface area contributed by atoms with Gasteiger partial charge in [-0.05, 0) is 18.1 Å². The third kappa shape index (κ3) is 2.08. The molecule has 3 amide bonds. The Kier molecular flexibility index (Phi) is 3.57. The first-order valence-electron chi connectivity index (χ1n) is 5.95. The maximum atomic E-state index is 12.3. The van der Waals surface area contributed by atoms with E-state index in [1.165, 1.54) is 0 Å². The molecule has 4 nitrogen and oxygen atoms in total. The maximum absolute atomic E-state index is 12.3. The number of hydrogen-bond donors (Lipinski definition) is 1. The van der Waals surface area contributed by atoms with E-state index in [4.69, 9.17) is 11.6 Å². The van der Waals surface area contributed by atoms with Crippen molar-refractivity contribution < 1.29 is 9.59 Å². The first kappa shape index (κ1) is 12.9. The molecule has 1 aromatic rings. The molecule has 0 aliphatic carbocycles. The van der Waals surface area contributed by atoms with Crippen molar-refractivity contribution in [3.63, 3.8) is 0 Å². The number of carbonyl (C=O) groups is 2. The van der Waals surface area contributed by atoms with Crippen LogP contribution in [0.2, 0.25) is 5.02 Å². The Hall–Kier alpha value is -1.55. The Morgan fingerprint density at radius 3 is 2.67 bits per heavy atom. The molecule has 0 spiro atoms. The quantitative estimate of drug-likeness (QED) is 0.856. The number of hydrogen-bond acceptors (Lipinski definition) is 2. The standard InChI is InChI=1S/C13H15ClN2O2/c1-3-8(2)11-12(17)16(13(18)15-11)10-7-5-4-6-9(10)14/h4-8,11H,3H2,1-2H3,(H,15,18). The fraction of sp³-hybridized carbons (Fsp3) is 0.385. The average molecular weight is 267 g/mol. The lowest BCUT2D eigenvalue weighted by molar-refractivity contribution is -0.119. The molecule has 96 valence electrons. The van der Waals surface area contributed by atoms with Gasteiger partial charge in [-0.15, -0.1) is 0 Å². The molecule has 5 heteroatoms. The van der Waals surface area contributed by atoms with Gasteiger partial charge in [-0.3, -0.25) is 4.79 Å². The third-order valence-electron chi connectivity index (χ3n) is 3.27. The lowest BCUT2D eigenvalue weighted by atomic mass is 9.99. The molecule has 1 aliphatic rings. The van der Waals surface area contributed by atoms with Gasteiger partial charge < -0.3 is 5.32 Å². The van der Waals surface area contributed by atoms with E-state index in [0.29, 0.717) is 10.7 Å². The molecule has 1 N–H and O–H groups in total. The number of imide groups is 1. The van der Waals surface area contributed by atoms with Crippen molar-refractivity contribution in [1.82, 2.24) is 5.32 Å². The second-order valence-electron chi connectivity index (χ2n) is 4.44. The number of halogens is 1. The summed E-state index contributed by atoms with van der Waals surface area (Å²) >= 11 is 6.02. The van der Waals surface area contributed by atoms with E-state index in [1.807, 2.05) is 13.8 Å². The molecule has 2 atom stereocenters. The molecule has 2 rings (SSSR count). The van der Waals surface area contributed by atoms with Crippen LogP contribution in [0.4, 0.5) is 10.5 Å². The second-order valence-corrected chi connectivity index (χ2v) is 4.84. The minimum Gasteiger partial charge on any atom is -0.325 e. The van der Waals surface area contributed by atoms with Gasteiger partial charge >= 0.3 is 6.03 Å². The smallest absolute Gasteiger partial charge is 0.325 e. The lowest BCUT2D eigenvalue weighted by Crippen LogP contribution is -2.35. The van der Waals surface area contributed by atoms with Crippen LogP contribution in [-0.4, -0.2) is 18.0 Å². The summed E-state index contributed by atoms with van der Waals surface area (Å²) in [6, 6.07) is 5.97. The van der Waals surface area contributed by atoms with Gasteiger partial charge in [-0.1, -0.05) is 44.0 Å². The van der Waals surface area contributed by atoms with Gasteiger partial charge in [0.2, 0.25) is 0 Å². The van der Waals surface area contributed by atoms with Crippen molar-refractivity contribution in [1.29, 1.82) is 0 Å². The molecule has 1 aromatic carbocycles. The van der Waals surface area contributed by atoms with Gasteiger partial charge in [0.15, 0.2) is 0 Å². The van der Waals surface area contributed by atoms with Crippen LogP contribution in [0.3, 0.4) is 0 Å². The highest BCUT2D eigenvalue weighted by molar-refractivity contribution is 6.35. The Morgan fingerprint density at radius 2 is 2.06 bits per heavy atom. The molecule has 2 unspecified atom stereocenters. The lowest BCUT2D eigenvalue weighted by Gasteiger charge is -2.16. The van der Waals surface area contributed by atoms with Crippen molar-refractivity contribution in [2.75, 3.05) is 4.90 Å². The Bertz CT molecular complexity index is 490. The van der Waals surface area contributed by atoms with E-state index in [-0.39, 0.29) is 11.8 Å². The highest BCUT2D eigenvalue weighted by Crippen LogP contribution is 2.29. The molecule has 0 saturated carbocycles. The number of nitrogens with zero attached hydrogens (tertiary/aromatic N) is 1. The number of rotatable bonds is 3. The van der Waals surface area contributed by atoms with E-state index in [1.54, 1.807) is 24.3 Å². The van der Waals surface area contributed by atoms with Crippen LogP contribution in [0.25, 0.3) is 0 Å². The van der Waals surface area contributed by atoms with E-state index in [9.17, 15) is 9.59 Å². The average Bonchev–Trinajstić information content (AvgIpc) is 2.65. The number of amides is 3. The minimum atomic E-state index is -0.459. The summed E-state index contributed by atoms with van der Waals surface area (Å²) in [5.41, 5.74) is 0.437. The molecule has 18 heavy (non-hydrogen) atoms. The molecule has 1 fully saturated rings. The van der Waals surface area contributed by atoms with Crippen molar-refractivity contribution in [2.24, 2.45) is 5.92 Å². The number of para-hydroxylation sites is 1. The van der Waals surface area contributed by atoms with Crippen LogP contribution < -0.4 is 10.2 Å². The predicted molar refractivity (Wildman–Crippen MR) is 70.7 cm³/mol. The molecule has 0 radical (unpaired) electrons. The molecule has 0 aromatic heterocycles. The number of nitrogens with one attached hydrogen (secondary N) is 1. The zero-order chi connectivity index (χ0) is 13.3. The Morgan fingerprint density at radius 1 is 1.39 bits per heavy atom. The van der Waals surface area contributed by atoms with Crippen LogP contribution in [0.5, 0.6) is 0 Å². The molecular weight excluding hydrogens is 252 g/mol. The predicted octanol–water partition coefficient (Wildman–Crippen LogP) is 2.81. The molecular formula is C13H15ClN2O2. The fourth-order valence-electron chi connectivity index (χ4n) is 1.98. The summed E-state index contributed by atoms with van der Waals surface area (Å²) in [7, 11) is 0. The Balaban J connectivity index is 2.33. The topological polar surface area (TPSA) is 49.4 Å². The Labute approximate surface area is 111 Å². The normalized spacial score (nSPS) is 21.1. The van der Waals surface area contributed by atoms with E-state index < -0.39 is 12.1 Å². The first-order chi connectivity index (χ1) is 8.56. The number of benzene rings is 1. The molecule has 0 bridgehead atoms. The van der Waals surface area contributed by atoms with Crippen LogP contribution in [0.15, 0.2) is 24.3 Å². The van der Waals surface area contributed by atoms with Crippen molar-refractivity contribution >= 4 is 29.2 Å². The molecule has 1 aliphatic heterocycles. The van der Waals surface area contributed by atoms with Crippen molar-refractivity contribution in [3.05, 3.63) is 29.3 Å². The summed E-state index contributed by atoms with van der Waals surface area (Å²) in [5, 5.41) is 3.10. The first-order valence-corrected chi connectivity index (χ1v) is 6.33. The van der Waals surface area contributed by atoms with Gasteiger partial charge in [0.1, 0.15) is 6.04 Å². The zero-order valence-corrected chi connectivity index (χ0v) is 11.1. The maximum Gasteiger partial charge on any atom is 0.329 e. The van der Waals surface area contributed by atoms with Crippen LogP contribution in [0, 0.1) is 5.92 Å². The SMILES string of the molecule is CCC(C)C1NC(=O)N(c2ccccc2Cl)C1=O. The summed E-state index contributed by atoms with van der Waals surface area (Å²) in [6.07, 6.45) is 0.826. The monoisotopic (exact) mass is 266 g/mol. The third-order valence-corrected chi connectivity index (χ3v) is 3.59. The summed E-state index contributed by atoms with van der Waals surface area (Å²) in [4.78, 5) is 25.3. The van der Waals surface area contributed by atoms with E-state index in [0.717, 1.165) is 11.3 Å². The van der Waals surface area contributed by atoms with Crippen LogP contribution in [-0.2, 0) is 4.79 Å². The van der Waals surface area contributed by atoms with Crippen molar-refractivity contribution in [3.8, 4) is 0 Å². The largest absolute Gasteiger partial charge is 0.329 e. The minimum absolute atomic E-state index is 0.105. The van der Waals surface area contributed by atoms with Crippen LogP contribution in [0.1, 0.15) is 20.3 Å². The van der Waals surface area contributed by atoms with Gasteiger partial charge in [-0.25, -0.2) is 9.69 Å². The molecule has 1 saturated heterocycles. The summed E-state index contributed by atoms with van der Waals surface area (Å²) in [6.45, 7) is 3.93. The van der Waals surface area contributed by atoms with Gasteiger partial charge in [-0.2, -0.15) is 0 Å². The van der Waals surface area contributed by atoms with Gasteiger partial charge in [0, 0.05) is 0 Å². The van der Waals surface area contributed by atoms with E-state index >= 15 is 0 Å². The van der Waals surface area contributed by atoms with E-state index in [2.05, 4.69) is 5.32 Å². The zero-order valence-electron chi connectivity index (χ0n) is 10.3. The highest BCUT2D eigenvalue weighted by atomic mass is 35.5. The number of carbonyl (C=O) groups excluding carboxylic acids is 2. The number of urea groups is 1. The second kappa shape index (κ2) is 4.98. The highest BCUT2D eigenvalue weighted by Gasteiger charge is 2.41. The fourth-order valence-corrected chi connectivity index (χ4v) is 2.20. The summed E-state index contributed by atoms with van der Waals surface area (Å²) < 4.78 is 0. The van der Waals surface area contributed by atoms with Gasteiger partial charge in [0.25, 0.3) is 5.91 Å².